The van der Waals surface area contributed by atoms with Gasteiger partial charge in [-0.3, -0.25) is 14.2 Å². The van der Waals surface area contributed by atoms with E-state index < -0.39 is 10.2 Å². The zero-order chi connectivity index (χ0) is 23.4. The highest BCUT2D eigenvalue weighted by atomic mass is 32.2. The smallest absolute Gasteiger partial charge is 0.324 e. The van der Waals surface area contributed by atoms with Crippen LogP contribution in [0.2, 0.25) is 0 Å². The number of rotatable bonds is 6. The topological polar surface area (TPSA) is 114 Å². The number of anilines is 1. The van der Waals surface area contributed by atoms with E-state index in [1.165, 1.54) is 16.5 Å². The third kappa shape index (κ3) is 5.98. The minimum Gasteiger partial charge on any atom is -0.324 e. The molecular formula is C23H28N6O3S. The summed E-state index contributed by atoms with van der Waals surface area (Å²) in [6.07, 6.45) is 5.05. The fourth-order valence-corrected chi connectivity index (χ4v) is 4.56. The minimum atomic E-state index is -3.82. The molecule has 33 heavy (non-hydrogen) atoms. The Labute approximate surface area is 194 Å². The lowest BCUT2D eigenvalue weighted by Gasteiger charge is -2.36. The second kappa shape index (κ2) is 9.74. The first-order chi connectivity index (χ1) is 15.8. The second-order valence-corrected chi connectivity index (χ2v) is 9.57. The van der Waals surface area contributed by atoms with Gasteiger partial charge in [-0.25, -0.2) is 14.9 Å². The average Bonchev–Trinajstić information content (AvgIpc) is 3.29. The number of nitrogens with two attached hydrogens (primary N) is 1. The number of nitrogens with zero attached hydrogens (tertiary/aromatic N) is 4. The first-order valence-corrected chi connectivity index (χ1v) is 12.3. The Hall–Kier alpha value is -3.21. The molecule has 2 heterocycles. The Morgan fingerprint density at radius 2 is 1.79 bits per heavy atom. The largest absolute Gasteiger partial charge is 0.329 e. The molecule has 0 unspecified atom stereocenters. The average molecular weight is 469 g/mol. The van der Waals surface area contributed by atoms with E-state index in [2.05, 4.69) is 38.9 Å². The SMILES string of the molecule is CN(C(=O)n1cnc(-c2ccc(NS(N)(=O)=O)cc2)c1)C1CCN(Cc2ccccc2)CC1. The van der Waals surface area contributed by atoms with Crippen molar-refractivity contribution in [3.05, 3.63) is 72.7 Å². The van der Waals surface area contributed by atoms with E-state index in [-0.39, 0.29) is 12.1 Å². The Kier molecular flexibility index (Phi) is 6.77. The summed E-state index contributed by atoms with van der Waals surface area (Å²) in [5, 5.41) is 4.99. The molecule has 2 aromatic carbocycles. The number of imidazole rings is 1. The Bertz CT molecular complexity index is 1190. The van der Waals surface area contributed by atoms with Crippen LogP contribution in [0.3, 0.4) is 0 Å². The van der Waals surface area contributed by atoms with E-state index in [1.54, 1.807) is 35.4 Å². The van der Waals surface area contributed by atoms with Crippen molar-refractivity contribution in [3.63, 3.8) is 0 Å². The van der Waals surface area contributed by atoms with Gasteiger partial charge in [0.15, 0.2) is 0 Å². The molecule has 0 aliphatic carbocycles. The molecule has 0 radical (unpaired) electrons. The monoisotopic (exact) mass is 468 g/mol. The summed E-state index contributed by atoms with van der Waals surface area (Å²) in [7, 11) is -1.98. The fraction of sp³-hybridized carbons (Fsp3) is 0.304. The van der Waals surface area contributed by atoms with E-state index in [1.807, 2.05) is 13.1 Å². The minimum absolute atomic E-state index is 0.122. The molecular weight excluding hydrogens is 440 g/mol. The van der Waals surface area contributed by atoms with Crippen LogP contribution in [0.25, 0.3) is 11.3 Å². The quantitative estimate of drug-likeness (QED) is 0.577. The normalized spacial score (nSPS) is 15.3. The number of likely N-dealkylation sites (tertiary alicyclic amines) is 1. The van der Waals surface area contributed by atoms with Crippen LogP contribution in [0.15, 0.2) is 67.1 Å². The summed E-state index contributed by atoms with van der Waals surface area (Å²) >= 11 is 0. The predicted molar refractivity (Wildman–Crippen MR) is 128 cm³/mol. The number of nitrogens with one attached hydrogen (secondary N) is 1. The van der Waals surface area contributed by atoms with Crippen LogP contribution in [0, 0.1) is 0 Å². The molecule has 3 aromatic rings. The zero-order valence-electron chi connectivity index (χ0n) is 18.5. The molecule has 174 valence electrons. The number of carbonyl (C=O) groups is 1. The van der Waals surface area contributed by atoms with Crippen LogP contribution < -0.4 is 9.86 Å². The number of carbonyl (C=O) groups excluding carboxylic acids is 1. The molecule has 4 rings (SSSR count). The lowest BCUT2D eigenvalue weighted by molar-refractivity contribution is 0.132. The Morgan fingerprint density at radius 3 is 2.42 bits per heavy atom. The summed E-state index contributed by atoms with van der Waals surface area (Å²) in [6, 6.07) is 17.1. The van der Waals surface area contributed by atoms with Gasteiger partial charge in [-0.2, -0.15) is 8.42 Å². The van der Waals surface area contributed by atoms with Crippen LogP contribution in [0.4, 0.5) is 10.5 Å². The fourth-order valence-electron chi connectivity index (χ4n) is 4.09. The van der Waals surface area contributed by atoms with Gasteiger partial charge in [0, 0.05) is 50.2 Å². The maximum Gasteiger partial charge on any atom is 0.329 e. The Balaban J connectivity index is 1.34. The standard InChI is InChI=1S/C23H28N6O3S/c1-27(21-11-13-28(14-12-21)15-18-5-3-2-4-6-18)23(30)29-16-22(25-17-29)19-7-9-20(10-8-19)26-33(24,31)32/h2-10,16-17,21,26H,11-15H2,1H3,(H2,24,31,32). The number of piperidine rings is 1. The van der Waals surface area contributed by atoms with Gasteiger partial charge in [0.25, 0.3) is 10.2 Å². The van der Waals surface area contributed by atoms with Crippen LogP contribution in [-0.4, -0.2) is 60.0 Å². The summed E-state index contributed by atoms with van der Waals surface area (Å²) in [5.74, 6) is 0. The van der Waals surface area contributed by atoms with Crippen molar-refractivity contribution in [3.8, 4) is 11.3 Å². The molecule has 0 spiro atoms. The van der Waals surface area contributed by atoms with Crippen LogP contribution in [0.1, 0.15) is 18.4 Å². The number of benzene rings is 2. The van der Waals surface area contributed by atoms with Gasteiger partial charge in [-0.1, -0.05) is 42.5 Å². The van der Waals surface area contributed by atoms with Crippen LogP contribution in [-0.2, 0) is 16.8 Å². The van der Waals surface area contributed by atoms with E-state index in [9.17, 15) is 13.2 Å². The number of aromatic nitrogens is 2. The molecule has 0 atom stereocenters. The zero-order valence-corrected chi connectivity index (χ0v) is 19.3. The van der Waals surface area contributed by atoms with E-state index in [4.69, 9.17) is 5.14 Å². The Morgan fingerprint density at radius 1 is 1.12 bits per heavy atom. The van der Waals surface area contributed by atoms with Crippen molar-refractivity contribution >= 4 is 21.9 Å². The van der Waals surface area contributed by atoms with Crippen LogP contribution in [0.5, 0.6) is 0 Å². The van der Waals surface area contributed by atoms with Crippen molar-refractivity contribution in [1.82, 2.24) is 19.4 Å². The van der Waals surface area contributed by atoms with Gasteiger partial charge in [-0.15, -0.1) is 0 Å². The highest BCUT2D eigenvalue weighted by Gasteiger charge is 2.26. The van der Waals surface area contributed by atoms with Gasteiger partial charge in [0.2, 0.25) is 0 Å². The lowest BCUT2D eigenvalue weighted by Crippen LogP contribution is -2.46. The van der Waals surface area contributed by atoms with Crippen molar-refractivity contribution in [2.45, 2.75) is 25.4 Å². The van der Waals surface area contributed by atoms with E-state index in [0.29, 0.717) is 11.4 Å². The van der Waals surface area contributed by atoms with Crippen molar-refractivity contribution < 1.29 is 13.2 Å². The van der Waals surface area contributed by atoms with E-state index >= 15 is 0 Å². The van der Waals surface area contributed by atoms with Gasteiger partial charge in [-0.05, 0) is 30.5 Å². The summed E-state index contributed by atoms with van der Waals surface area (Å²) in [5.41, 5.74) is 3.05. The third-order valence-corrected chi connectivity index (χ3v) is 6.42. The van der Waals surface area contributed by atoms with Gasteiger partial charge < -0.3 is 4.90 Å². The van der Waals surface area contributed by atoms with Crippen LogP contribution >= 0.6 is 0 Å². The summed E-state index contributed by atoms with van der Waals surface area (Å²) in [4.78, 5) is 21.6. The predicted octanol–water partition coefficient (Wildman–Crippen LogP) is 2.73. The van der Waals surface area contributed by atoms with Gasteiger partial charge in [0.1, 0.15) is 6.33 Å². The van der Waals surface area contributed by atoms with Crippen molar-refractivity contribution in [2.75, 3.05) is 24.9 Å². The highest BCUT2D eigenvalue weighted by Crippen LogP contribution is 2.22. The van der Waals surface area contributed by atoms with Gasteiger partial charge >= 0.3 is 6.03 Å². The molecule has 10 heteroatoms. The molecule has 1 aliphatic heterocycles. The van der Waals surface area contributed by atoms with Crippen molar-refractivity contribution in [2.24, 2.45) is 5.14 Å². The molecule has 0 saturated carbocycles. The first kappa shape index (κ1) is 23.0. The molecule has 1 aromatic heterocycles. The molecule has 1 saturated heterocycles. The summed E-state index contributed by atoms with van der Waals surface area (Å²) < 4.78 is 26.0. The molecule has 1 aliphatic rings. The van der Waals surface area contributed by atoms with E-state index in [0.717, 1.165) is 38.0 Å². The number of hydrogen-bond acceptors (Lipinski definition) is 5. The lowest BCUT2D eigenvalue weighted by atomic mass is 10.0. The highest BCUT2D eigenvalue weighted by molar-refractivity contribution is 7.90. The maximum absolute atomic E-state index is 13.0. The molecule has 3 N–H and O–H groups in total. The van der Waals surface area contributed by atoms with Gasteiger partial charge in [0.05, 0.1) is 5.69 Å². The maximum atomic E-state index is 13.0. The number of hydrogen-bond donors (Lipinski definition) is 2. The molecule has 1 fully saturated rings. The second-order valence-electron chi connectivity index (χ2n) is 8.28. The molecule has 1 amide bonds. The third-order valence-electron chi connectivity index (χ3n) is 5.90. The van der Waals surface area contributed by atoms with Crippen molar-refractivity contribution in [1.29, 1.82) is 0 Å². The molecule has 0 bridgehead atoms. The molecule has 9 nitrogen and oxygen atoms in total. The summed E-state index contributed by atoms with van der Waals surface area (Å²) in [6.45, 7) is 2.83. The first-order valence-electron chi connectivity index (χ1n) is 10.8. The number of amides is 1.